The minimum Gasteiger partial charge on any atom is -0.242 e. The van der Waals surface area contributed by atoms with Gasteiger partial charge < -0.3 is 0 Å². The number of nitrogens with one attached hydrogen (secondary N) is 4. The molecule has 0 bridgehead atoms. The summed E-state index contributed by atoms with van der Waals surface area (Å²) in [7, 11) is 0. The van der Waals surface area contributed by atoms with Gasteiger partial charge in [-0.05, 0) is 0 Å². The van der Waals surface area contributed by atoms with Gasteiger partial charge in [-0.15, -0.1) is 0 Å². The van der Waals surface area contributed by atoms with E-state index in [2.05, 4.69) is 0 Å². The van der Waals surface area contributed by atoms with Crippen LogP contribution in [0.25, 0.3) is 0 Å². The largest absolute Gasteiger partial charge is 0.242 e. The van der Waals surface area contributed by atoms with E-state index in [1.165, 1.54) is 6.01 Å². The molecule has 6 nitrogen and oxygen atoms in total. The standard InChI is InChI=1S/CH2N2.2CHNO/c3*2-1-3/h2-3H;2*2H. The van der Waals surface area contributed by atoms with Crippen LogP contribution in [0.15, 0.2) is 0 Å². The van der Waals surface area contributed by atoms with Gasteiger partial charge in [-0.3, -0.25) is 0 Å². The quantitative estimate of drug-likeness (QED) is 0.272. The first-order chi connectivity index (χ1) is 4.24. The molecule has 0 aliphatic heterocycles. The highest BCUT2D eigenvalue weighted by molar-refractivity contribution is 5.29. The molecule has 0 saturated carbocycles. The van der Waals surface area contributed by atoms with Crippen molar-refractivity contribution in [3.05, 3.63) is 0 Å². The lowest BCUT2D eigenvalue weighted by Crippen LogP contribution is -1.16. The molecule has 0 radical (unpaired) electrons. The average Bonchev–Trinajstić information content (AvgIpc) is 1.70. The third-order valence-electron chi connectivity index (χ3n) is 0. The molecule has 48 valence electrons. The van der Waals surface area contributed by atoms with Crippen LogP contribution in [-0.4, -0.2) is 18.2 Å². The highest BCUT2D eigenvalue weighted by Crippen LogP contribution is 0.920. The Morgan fingerprint density at radius 2 is 0.778 bits per heavy atom. The van der Waals surface area contributed by atoms with E-state index >= 15 is 0 Å². The third-order valence-corrected chi connectivity index (χ3v) is 0. The molecule has 9 heavy (non-hydrogen) atoms. The molecule has 0 fully saturated rings. The Kier molecular flexibility index (Phi) is 218. The monoisotopic (exact) mass is 128 g/mol. The van der Waals surface area contributed by atoms with Crippen molar-refractivity contribution in [3.8, 4) is 0 Å². The molecular formula is C3H4N4O2. The predicted octanol–water partition coefficient (Wildman–Crippen LogP) is 0.120. The highest BCUT2D eigenvalue weighted by atomic mass is 16.1. The summed E-state index contributed by atoms with van der Waals surface area (Å²) in [6.07, 6.45) is 1.50. The number of hydrogen-bond acceptors (Lipinski definition) is 6. The number of carbonyl (C=O) groups excluding carboxylic acids is 2. The summed E-state index contributed by atoms with van der Waals surface area (Å²) in [6.45, 7) is 0. The molecule has 0 aromatic heterocycles. The maximum atomic E-state index is 8.35. The van der Waals surface area contributed by atoms with Gasteiger partial charge in [0, 0.05) is 0 Å². The molecule has 0 amide bonds. The lowest BCUT2D eigenvalue weighted by atomic mass is 11.6. The Bertz CT molecular complexity index is 105. The van der Waals surface area contributed by atoms with Crippen LogP contribution < -0.4 is 0 Å². The van der Waals surface area contributed by atoms with Crippen molar-refractivity contribution >= 4 is 18.2 Å². The Morgan fingerprint density at radius 1 is 0.778 bits per heavy atom. The first-order valence-electron chi connectivity index (χ1n) is 1.41. The predicted molar refractivity (Wildman–Crippen MR) is 27.3 cm³/mol. The summed E-state index contributed by atoms with van der Waals surface area (Å²) in [5, 5.41) is 22.1. The summed E-state index contributed by atoms with van der Waals surface area (Å²) in [5.74, 6) is 0. The Balaban J connectivity index is -0.0000000600. The van der Waals surface area contributed by atoms with Crippen LogP contribution in [0.4, 0.5) is 0 Å². The molecule has 0 rings (SSSR count). The molecule has 0 aliphatic rings. The van der Waals surface area contributed by atoms with E-state index < -0.39 is 0 Å². The van der Waals surface area contributed by atoms with Crippen molar-refractivity contribution in [3.63, 3.8) is 0 Å². The lowest BCUT2D eigenvalue weighted by Gasteiger charge is -1.09. The molecule has 0 aliphatic carbocycles. The van der Waals surface area contributed by atoms with Gasteiger partial charge in [-0.1, -0.05) is 0 Å². The van der Waals surface area contributed by atoms with E-state index in [1.54, 1.807) is 0 Å². The summed E-state index contributed by atoms with van der Waals surface area (Å²) in [6, 6.07) is 1.25. The molecule has 0 atom stereocenters. The van der Waals surface area contributed by atoms with E-state index in [0.29, 0.717) is 0 Å². The SMILES string of the molecule is N=C=N.N=C=O.N=C=O. The minimum absolute atomic E-state index is 0.750. The van der Waals surface area contributed by atoms with E-state index in [9.17, 15) is 0 Å². The van der Waals surface area contributed by atoms with Gasteiger partial charge in [0.05, 0.1) is 6.01 Å². The van der Waals surface area contributed by atoms with E-state index in [4.69, 9.17) is 31.2 Å². The van der Waals surface area contributed by atoms with Crippen LogP contribution in [0.3, 0.4) is 0 Å². The molecule has 0 spiro atoms. The van der Waals surface area contributed by atoms with E-state index in [1.807, 2.05) is 0 Å². The van der Waals surface area contributed by atoms with Gasteiger partial charge >= 0.3 is 0 Å². The van der Waals surface area contributed by atoms with Crippen molar-refractivity contribution in [1.29, 1.82) is 21.6 Å². The van der Waals surface area contributed by atoms with Gasteiger partial charge in [-0.2, -0.15) is 0 Å². The molecule has 0 heterocycles. The first kappa shape index (κ1) is 15.7. The topological polar surface area (TPSA) is 130 Å². The normalized spacial score (nSPS) is 2.67. The second-order valence-electron chi connectivity index (χ2n) is 0.329. The van der Waals surface area contributed by atoms with Crippen LogP contribution in [0.2, 0.25) is 0 Å². The van der Waals surface area contributed by atoms with Crippen LogP contribution in [-0.2, 0) is 9.59 Å². The van der Waals surface area contributed by atoms with Crippen LogP contribution in [0.5, 0.6) is 0 Å². The zero-order valence-corrected chi connectivity index (χ0v) is 4.32. The summed E-state index contributed by atoms with van der Waals surface area (Å²) < 4.78 is 0. The Labute approximate surface area is 50.5 Å². The molecule has 0 unspecified atom stereocenters. The van der Waals surface area contributed by atoms with Crippen molar-refractivity contribution < 1.29 is 9.59 Å². The fourth-order valence-corrected chi connectivity index (χ4v) is 0. The fraction of sp³-hybridized carbons (Fsp3) is 0. The van der Waals surface area contributed by atoms with Gasteiger partial charge in [0.15, 0.2) is 0 Å². The molecule has 6 heteroatoms. The van der Waals surface area contributed by atoms with E-state index in [-0.39, 0.29) is 0 Å². The van der Waals surface area contributed by atoms with Crippen molar-refractivity contribution in [2.45, 2.75) is 0 Å². The highest BCUT2D eigenvalue weighted by Gasteiger charge is 1.04. The van der Waals surface area contributed by atoms with Gasteiger partial charge in [-0.25, -0.2) is 31.2 Å². The molecule has 0 aromatic carbocycles. The van der Waals surface area contributed by atoms with Crippen LogP contribution >= 0.6 is 0 Å². The summed E-state index contributed by atoms with van der Waals surface area (Å²) in [5.41, 5.74) is 0. The third kappa shape index (κ3) is 30.4. The molecule has 4 N–H and O–H groups in total. The van der Waals surface area contributed by atoms with Crippen molar-refractivity contribution in [2.24, 2.45) is 0 Å². The smallest absolute Gasteiger partial charge is 0.231 e. The van der Waals surface area contributed by atoms with Gasteiger partial charge in [0.25, 0.3) is 0 Å². The Hall–Kier alpha value is -1.86. The second kappa shape index (κ2) is 125. The minimum atomic E-state index is 0.750. The number of hydrogen-bond donors (Lipinski definition) is 4. The zero-order valence-electron chi connectivity index (χ0n) is 4.32. The van der Waals surface area contributed by atoms with Gasteiger partial charge in [0.2, 0.25) is 12.2 Å². The second-order valence-corrected chi connectivity index (χ2v) is 0.329. The van der Waals surface area contributed by atoms with Crippen molar-refractivity contribution in [2.75, 3.05) is 0 Å². The number of rotatable bonds is 0. The molecule has 0 saturated heterocycles. The lowest BCUT2D eigenvalue weighted by molar-refractivity contribution is 0.562. The average molecular weight is 128 g/mol. The zero-order chi connectivity index (χ0) is 8.12. The maximum absolute atomic E-state index is 8.35. The van der Waals surface area contributed by atoms with E-state index in [0.717, 1.165) is 12.2 Å². The molecular weight excluding hydrogens is 124 g/mol. The summed E-state index contributed by atoms with van der Waals surface area (Å²) >= 11 is 0. The Morgan fingerprint density at radius 3 is 0.778 bits per heavy atom. The van der Waals surface area contributed by atoms with Crippen molar-refractivity contribution in [1.82, 2.24) is 0 Å². The summed E-state index contributed by atoms with van der Waals surface area (Å²) in [4.78, 5) is 16.7. The number of isocyanates is 2. The van der Waals surface area contributed by atoms with Crippen LogP contribution in [0, 0.1) is 21.6 Å². The fourth-order valence-electron chi connectivity index (χ4n) is 0. The van der Waals surface area contributed by atoms with Crippen LogP contribution in [0.1, 0.15) is 0 Å². The molecule has 0 aromatic rings. The first-order valence-corrected chi connectivity index (χ1v) is 1.41. The van der Waals surface area contributed by atoms with Gasteiger partial charge in [0.1, 0.15) is 0 Å². The maximum Gasteiger partial charge on any atom is 0.231 e.